The fraction of sp³-hybridized carbons (Fsp3) is 0.333. The van der Waals surface area contributed by atoms with E-state index in [1.807, 2.05) is 25.1 Å². The highest BCUT2D eigenvalue weighted by Crippen LogP contribution is 2.38. The molecule has 2 unspecified atom stereocenters. The maximum atomic E-state index is 10.8. The third-order valence-corrected chi connectivity index (χ3v) is 3.78. The number of hydrogen-bond donors (Lipinski definition) is 2. The van der Waals surface area contributed by atoms with Crippen molar-refractivity contribution in [2.45, 2.75) is 25.0 Å². The van der Waals surface area contributed by atoms with Crippen LogP contribution in [0.3, 0.4) is 0 Å². The molecular weight excluding hydrogens is 226 g/mol. The van der Waals surface area contributed by atoms with Crippen LogP contribution in [0, 0.1) is 0 Å². The van der Waals surface area contributed by atoms with Crippen LogP contribution in [0.5, 0.6) is 0 Å². The Hall–Kier alpha value is -1.58. The highest BCUT2D eigenvalue weighted by Gasteiger charge is 2.37. The lowest BCUT2D eigenvalue weighted by Crippen LogP contribution is -2.43. The fourth-order valence-electron chi connectivity index (χ4n) is 2.73. The van der Waals surface area contributed by atoms with E-state index in [0.717, 1.165) is 18.5 Å². The van der Waals surface area contributed by atoms with E-state index in [0.29, 0.717) is 0 Å². The minimum Gasteiger partial charge on any atom is -0.472 e. The summed E-state index contributed by atoms with van der Waals surface area (Å²) in [6.45, 7) is 2.72. The van der Waals surface area contributed by atoms with Gasteiger partial charge in [-0.15, -0.1) is 0 Å². The molecule has 0 saturated heterocycles. The molecule has 0 spiro atoms. The molecule has 1 aliphatic rings. The maximum Gasteiger partial charge on any atom is 0.109 e. The van der Waals surface area contributed by atoms with Gasteiger partial charge < -0.3 is 14.8 Å². The summed E-state index contributed by atoms with van der Waals surface area (Å²) in [5.41, 5.74) is 2.32. The lowest BCUT2D eigenvalue weighted by Gasteiger charge is -2.37. The van der Waals surface area contributed by atoms with Gasteiger partial charge in [0.05, 0.1) is 18.6 Å². The quantitative estimate of drug-likeness (QED) is 0.851. The monoisotopic (exact) mass is 243 g/mol. The Balaban J connectivity index is 2.04. The fourth-order valence-corrected chi connectivity index (χ4v) is 2.73. The first-order valence-electron chi connectivity index (χ1n) is 6.26. The van der Waals surface area contributed by atoms with Crippen molar-refractivity contribution < 1.29 is 9.52 Å². The molecule has 18 heavy (non-hydrogen) atoms. The molecule has 2 aromatic rings. The number of rotatable bonds is 2. The molecule has 0 aliphatic carbocycles. The molecule has 0 radical (unpaired) electrons. The van der Waals surface area contributed by atoms with Crippen molar-refractivity contribution >= 4 is 0 Å². The molecule has 3 nitrogen and oxygen atoms in total. The van der Waals surface area contributed by atoms with E-state index >= 15 is 0 Å². The molecule has 2 atom stereocenters. The van der Waals surface area contributed by atoms with Gasteiger partial charge in [-0.3, -0.25) is 0 Å². The number of furan rings is 1. The number of hydrogen-bond acceptors (Lipinski definition) is 3. The number of benzene rings is 1. The Morgan fingerprint density at radius 1 is 1.33 bits per heavy atom. The van der Waals surface area contributed by atoms with Crippen LogP contribution < -0.4 is 5.32 Å². The van der Waals surface area contributed by atoms with Crippen LogP contribution in [-0.4, -0.2) is 11.7 Å². The third kappa shape index (κ3) is 1.76. The standard InChI is InChI=1S/C15H17NO2/c1-15(17,12-7-9-18-10-12)14-13-5-3-2-4-11(13)6-8-16-14/h2-5,7,9-10,14,16-17H,6,8H2,1H3. The molecule has 2 N–H and O–H groups in total. The predicted octanol–water partition coefficient (Wildman–Crippen LogP) is 2.37. The molecule has 3 rings (SSSR count). The second-order valence-corrected chi connectivity index (χ2v) is 5.00. The topological polar surface area (TPSA) is 45.4 Å². The summed E-state index contributed by atoms with van der Waals surface area (Å²) >= 11 is 0. The Kier molecular flexibility index (Phi) is 2.73. The Morgan fingerprint density at radius 3 is 2.94 bits per heavy atom. The smallest absolute Gasteiger partial charge is 0.109 e. The zero-order valence-electron chi connectivity index (χ0n) is 10.4. The van der Waals surface area contributed by atoms with Crippen molar-refractivity contribution in [3.63, 3.8) is 0 Å². The molecule has 3 heteroatoms. The van der Waals surface area contributed by atoms with Crippen LogP contribution >= 0.6 is 0 Å². The summed E-state index contributed by atoms with van der Waals surface area (Å²) in [4.78, 5) is 0. The molecule has 1 aliphatic heterocycles. The largest absolute Gasteiger partial charge is 0.472 e. The average Bonchev–Trinajstić information content (AvgIpc) is 2.92. The SMILES string of the molecule is CC(O)(c1ccoc1)C1NCCc2ccccc21. The first-order valence-corrected chi connectivity index (χ1v) is 6.26. The summed E-state index contributed by atoms with van der Waals surface area (Å²) in [6.07, 6.45) is 4.21. The van der Waals surface area contributed by atoms with E-state index < -0.39 is 5.60 Å². The van der Waals surface area contributed by atoms with Crippen molar-refractivity contribution in [1.29, 1.82) is 0 Å². The van der Waals surface area contributed by atoms with Gasteiger partial charge in [0.2, 0.25) is 0 Å². The number of aliphatic hydroxyl groups is 1. The summed E-state index contributed by atoms with van der Waals surface area (Å²) in [6, 6.07) is 10.0. The first-order chi connectivity index (χ1) is 8.69. The van der Waals surface area contributed by atoms with Gasteiger partial charge in [0.25, 0.3) is 0 Å². The van der Waals surface area contributed by atoms with E-state index in [2.05, 4.69) is 17.4 Å². The second kappa shape index (κ2) is 4.26. The van der Waals surface area contributed by atoms with E-state index in [1.165, 1.54) is 11.1 Å². The van der Waals surface area contributed by atoms with Gasteiger partial charge in [0.1, 0.15) is 5.60 Å². The molecule has 94 valence electrons. The van der Waals surface area contributed by atoms with Crippen LogP contribution in [0.15, 0.2) is 47.3 Å². The van der Waals surface area contributed by atoms with Gasteiger partial charge >= 0.3 is 0 Å². The Bertz CT molecular complexity index is 531. The van der Waals surface area contributed by atoms with E-state index in [1.54, 1.807) is 12.5 Å². The van der Waals surface area contributed by atoms with Crippen molar-refractivity contribution in [3.05, 3.63) is 59.5 Å². The van der Waals surface area contributed by atoms with Gasteiger partial charge in [0.15, 0.2) is 0 Å². The minimum absolute atomic E-state index is 0.0972. The lowest BCUT2D eigenvalue weighted by molar-refractivity contribution is 0.0113. The molecule has 2 heterocycles. The lowest BCUT2D eigenvalue weighted by atomic mass is 9.81. The third-order valence-electron chi connectivity index (χ3n) is 3.78. The van der Waals surface area contributed by atoms with Crippen molar-refractivity contribution in [3.8, 4) is 0 Å². The molecule has 0 saturated carbocycles. The van der Waals surface area contributed by atoms with Crippen LogP contribution in [0.2, 0.25) is 0 Å². The number of fused-ring (bicyclic) bond motifs is 1. The molecule has 1 aromatic carbocycles. The first kappa shape index (κ1) is 11.5. The van der Waals surface area contributed by atoms with Crippen molar-refractivity contribution in [2.75, 3.05) is 6.54 Å². The minimum atomic E-state index is -0.969. The Labute approximate surface area is 106 Å². The normalized spacial score (nSPS) is 22.2. The Morgan fingerprint density at radius 2 is 2.17 bits per heavy atom. The van der Waals surface area contributed by atoms with E-state index in [-0.39, 0.29) is 6.04 Å². The van der Waals surface area contributed by atoms with Crippen LogP contribution in [0.1, 0.15) is 29.7 Å². The van der Waals surface area contributed by atoms with Crippen LogP contribution in [0.25, 0.3) is 0 Å². The van der Waals surface area contributed by atoms with Crippen LogP contribution in [0.4, 0.5) is 0 Å². The number of nitrogens with one attached hydrogen (secondary N) is 1. The molecule has 1 aromatic heterocycles. The van der Waals surface area contributed by atoms with E-state index in [4.69, 9.17) is 4.42 Å². The highest BCUT2D eigenvalue weighted by atomic mass is 16.3. The van der Waals surface area contributed by atoms with Gasteiger partial charge in [0, 0.05) is 5.56 Å². The van der Waals surface area contributed by atoms with Crippen LogP contribution in [-0.2, 0) is 12.0 Å². The summed E-state index contributed by atoms with van der Waals surface area (Å²) < 4.78 is 5.09. The molecular formula is C15H17NO2. The zero-order valence-corrected chi connectivity index (χ0v) is 10.4. The van der Waals surface area contributed by atoms with Gasteiger partial charge in [-0.25, -0.2) is 0 Å². The molecule has 0 fully saturated rings. The second-order valence-electron chi connectivity index (χ2n) is 5.00. The molecule has 0 bridgehead atoms. The van der Waals surface area contributed by atoms with Gasteiger partial charge in [-0.05, 0) is 37.1 Å². The predicted molar refractivity (Wildman–Crippen MR) is 69.2 cm³/mol. The van der Waals surface area contributed by atoms with E-state index in [9.17, 15) is 5.11 Å². The van der Waals surface area contributed by atoms with Gasteiger partial charge in [-0.1, -0.05) is 24.3 Å². The maximum absolute atomic E-state index is 10.8. The van der Waals surface area contributed by atoms with Crippen molar-refractivity contribution in [1.82, 2.24) is 5.32 Å². The van der Waals surface area contributed by atoms with Crippen molar-refractivity contribution in [2.24, 2.45) is 0 Å². The zero-order chi connectivity index (χ0) is 12.6. The highest BCUT2D eigenvalue weighted by molar-refractivity contribution is 5.36. The summed E-state index contributed by atoms with van der Waals surface area (Å²) in [7, 11) is 0. The van der Waals surface area contributed by atoms with Gasteiger partial charge in [-0.2, -0.15) is 0 Å². The summed E-state index contributed by atoms with van der Waals surface area (Å²) in [5, 5.41) is 14.2. The average molecular weight is 243 g/mol. The molecule has 0 amide bonds. The summed E-state index contributed by atoms with van der Waals surface area (Å²) in [5.74, 6) is 0.